The van der Waals surface area contributed by atoms with Crippen LogP contribution in [0.15, 0.2) is 24.3 Å². The van der Waals surface area contributed by atoms with Crippen LogP contribution in [-0.4, -0.2) is 50.6 Å². The molecule has 0 N–H and O–H groups in total. The maximum Gasteiger partial charge on any atom is 0.151 e. The van der Waals surface area contributed by atoms with Crippen LogP contribution in [0.4, 0.5) is 0 Å². The van der Waals surface area contributed by atoms with E-state index in [2.05, 4.69) is 5.92 Å². The lowest BCUT2D eigenvalue weighted by molar-refractivity contribution is 0.187. The zero-order chi connectivity index (χ0) is 15.3. The first-order valence-electron chi connectivity index (χ1n) is 6.76. The largest absolute Gasteiger partial charge is 0.492 e. The molecule has 0 aromatic heterocycles. The van der Waals surface area contributed by atoms with Gasteiger partial charge < -0.3 is 4.74 Å². The summed E-state index contributed by atoms with van der Waals surface area (Å²) in [4.78, 5) is 2.00. The van der Waals surface area contributed by atoms with E-state index in [1.165, 1.54) is 0 Å². The van der Waals surface area contributed by atoms with Crippen molar-refractivity contribution in [2.24, 2.45) is 0 Å². The molecule has 4 nitrogen and oxygen atoms in total. The lowest BCUT2D eigenvalue weighted by Crippen LogP contribution is -2.39. The Hall–Kier alpha value is -1.22. The summed E-state index contributed by atoms with van der Waals surface area (Å²) >= 11 is 5.89. The first-order valence-corrected chi connectivity index (χ1v) is 8.96. The SMILES string of the molecule is C#CCN(CCOc1cccc(Cl)c1)[C@@H]1CCS(=O)(=O)C1. The fourth-order valence-electron chi connectivity index (χ4n) is 2.41. The van der Waals surface area contributed by atoms with Crippen molar-refractivity contribution in [3.8, 4) is 18.1 Å². The third kappa shape index (κ3) is 4.92. The number of nitrogens with zero attached hydrogens (tertiary/aromatic N) is 1. The van der Waals surface area contributed by atoms with Crippen molar-refractivity contribution in [2.45, 2.75) is 12.5 Å². The molecule has 0 aliphatic carbocycles. The molecule has 6 heteroatoms. The van der Waals surface area contributed by atoms with Crippen LogP contribution < -0.4 is 4.74 Å². The van der Waals surface area contributed by atoms with Gasteiger partial charge in [0.2, 0.25) is 0 Å². The third-order valence-electron chi connectivity index (χ3n) is 3.46. The summed E-state index contributed by atoms with van der Waals surface area (Å²) in [7, 11) is -2.91. The summed E-state index contributed by atoms with van der Waals surface area (Å²) in [5, 5.41) is 0.620. The Labute approximate surface area is 131 Å². The van der Waals surface area contributed by atoms with Crippen molar-refractivity contribution < 1.29 is 13.2 Å². The van der Waals surface area contributed by atoms with E-state index in [4.69, 9.17) is 22.8 Å². The highest BCUT2D eigenvalue weighted by Crippen LogP contribution is 2.19. The van der Waals surface area contributed by atoms with Gasteiger partial charge in [-0.2, -0.15) is 0 Å². The van der Waals surface area contributed by atoms with Gasteiger partial charge in [-0.05, 0) is 24.6 Å². The lowest BCUT2D eigenvalue weighted by Gasteiger charge is -2.25. The van der Waals surface area contributed by atoms with Gasteiger partial charge in [-0.1, -0.05) is 23.6 Å². The normalized spacial score (nSPS) is 20.3. The summed E-state index contributed by atoms with van der Waals surface area (Å²) in [6.45, 7) is 1.47. The van der Waals surface area contributed by atoms with E-state index in [0.717, 1.165) is 0 Å². The third-order valence-corrected chi connectivity index (χ3v) is 5.45. The van der Waals surface area contributed by atoms with Crippen LogP contribution in [0.3, 0.4) is 0 Å². The Kier molecular flexibility index (Phi) is 5.51. The lowest BCUT2D eigenvalue weighted by atomic mass is 10.2. The van der Waals surface area contributed by atoms with Crippen LogP contribution in [0.5, 0.6) is 5.75 Å². The predicted molar refractivity (Wildman–Crippen MR) is 84.4 cm³/mol. The molecule has 2 rings (SSSR count). The number of ether oxygens (including phenoxy) is 1. The molecule has 1 aromatic carbocycles. The summed E-state index contributed by atoms with van der Waals surface area (Å²) in [5.74, 6) is 3.71. The van der Waals surface area contributed by atoms with Crippen LogP contribution in [0.25, 0.3) is 0 Å². The molecule has 21 heavy (non-hydrogen) atoms. The minimum Gasteiger partial charge on any atom is -0.492 e. The second kappa shape index (κ2) is 7.17. The van der Waals surface area contributed by atoms with Crippen LogP contribution >= 0.6 is 11.6 Å². The average Bonchev–Trinajstić information content (AvgIpc) is 2.78. The van der Waals surface area contributed by atoms with Crippen molar-refractivity contribution in [2.75, 3.05) is 31.2 Å². The fourth-order valence-corrected chi connectivity index (χ4v) is 4.35. The quantitative estimate of drug-likeness (QED) is 0.748. The summed E-state index contributed by atoms with van der Waals surface area (Å²) in [5.41, 5.74) is 0. The van der Waals surface area contributed by atoms with E-state index in [1.807, 2.05) is 17.0 Å². The number of benzene rings is 1. The molecule has 1 aliphatic rings. The van der Waals surface area contributed by atoms with E-state index in [-0.39, 0.29) is 17.5 Å². The van der Waals surface area contributed by atoms with E-state index in [0.29, 0.717) is 36.9 Å². The first kappa shape index (κ1) is 16.2. The molecule has 1 aromatic rings. The van der Waals surface area contributed by atoms with Crippen LogP contribution in [0.1, 0.15) is 6.42 Å². The molecule has 0 bridgehead atoms. The van der Waals surface area contributed by atoms with Crippen LogP contribution in [0.2, 0.25) is 5.02 Å². The molecule has 114 valence electrons. The molecule has 0 amide bonds. The van der Waals surface area contributed by atoms with E-state index >= 15 is 0 Å². The van der Waals surface area contributed by atoms with Crippen molar-refractivity contribution in [3.05, 3.63) is 29.3 Å². The molecule has 0 spiro atoms. The Morgan fingerprint density at radius 2 is 2.29 bits per heavy atom. The Morgan fingerprint density at radius 1 is 1.48 bits per heavy atom. The second-order valence-electron chi connectivity index (χ2n) is 5.04. The number of rotatable bonds is 6. The highest BCUT2D eigenvalue weighted by molar-refractivity contribution is 7.91. The number of hydrogen-bond donors (Lipinski definition) is 0. The second-order valence-corrected chi connectivity index (χ2v) is 7.70. The highest BCUT2D eigenvalue weighted by Gasteiger charge is 2.31. The molecule has 1 heterocycles. The molecule has 0 unspecified atom stereocenters. The Morgan fingerprint density at radius 3 is 2.90 bits per heavy atom. The zero-order valence-electron chi connectivity index (χ0n) is 11.7. The zero-order valence-corrected chi connectivity index (χ0v) is 13.2. The van der Waals surface area contributed by atoms with Gasteiger partial charge >= 0.3 is 0 Å². The molecule has 0 radical (unpaired) electrons. The van der Waals surface area contributed by atoms with Gasteiger partial charge in [-0.15, -0.1) is 6.42 Å². The summed E-state index contributed by atoms with van der Waals surface area (Å²) in [6, 6.07) is 7.17. The van der Waals surface area contributed by atoms with Gasteiger partial charge in [0.25, 0.3) is 0 Å². The fraction of sp³-hybridized carbons (Fsp3) is 0.467. The molecule has 0 saturated carbocycles. The van der Waals surface area contributed by atoms with Gasteiger partial charge in [0.15, 0.2) is 9.84 Å². The molecule has 1 fully saturated rings. The van der Waals surface area contributed by atoms with Crippen LogP contribution in [0, 0.1) is 12.3 Å². The number of sulfone groups is 1. The number of hydrogen-bond acceptors (Lipinski definition) is 4. The summed E-state index contributed by atoms with van der Waals surface area (Å²) < 4.78 is 28.7. The van der Waals surface area contributed by atoms with E-state index in [9.17, 15) is 8.42 Å². The predicted octanol–water partition coefficient (Wildman–Crippen LogP) is 1.84. The van der Waals surface area contributed by atoms with Crippen LogP contribution in [-0.2, 0) is 9.84 Å². The van der Waals surface area contributed by atoms with Crippen molar-refractivity contribution in [3.63, 3.8) is 0 Å². The monoisotopic (exact) mass is 327 g/mol. The molecule has 1 aliphatic heterocycles. The topological polar surface area (TPSA) is 46.6 Å². The van der Waals surface area contributed by atoms with Crippen molar-refractivity contribution in [1.82, 2.24) is 4.90 Å². The number of halogens is 1. The number of terminal acetylenes is 1. The van der Waals surface area contributed by atoms with Gasteiger partial charge in [0, 0.05) is 17.6 Å². The minimum atomic E-state index is -2.91. The highest BCUT2D eigenvalue weighted by atomic mass is 35.5. The maximum atomic E-state index is 11.6. The van der Waals surface area contributed by atoms with Crippen molar-refractivity contribution >= 4 is 21.4 Å². The maximum absolute atomic E-state index is 11.6. The standard InChI is InChI=1S/C15H18ClNO3S/c1-2-7-17(14-6-10-21(18,19)12-14)8-9-20-15-5-3-4-13(16)11-15/h1,3-5,11,14H,6-10,12H2/t14-/m1/s1. The van der Waals surface area contributed by atoms with Gasteiger partial charge in [0.1, 0.15) is 12.4 Å². The molecule has 1 saturated heterocycles. The van der Waals surface area contributed by atoms with E-state index < -0.39 is 9.84 Å². The van der Waals surface area contributed by atoms with Crippen molar-refractivity contribution in [1.29, 1.82) is 0 Å². The Balaban J connectivity index is 1.88. The minimum absolute atomic E-state index is 0.00555. The average molecular weight is 328 g/mol. The van der Waals surface area contributed by atoms with Gasteiger partial charge in [-0.25, -0.2) is 8.42 Å². The molecular weight excluding hydrogens is 310 g/mol. The smallest absolute Gasteiger partial charge is 0.151 e. The molecular formula is C15H18ClNO3S. The molecule has 1 atom stereocenters. The van der Waals surface area contributed by atoms with E-state index in [1.54, 1.807) is 12.1 Å². The van der Waals surface area contributed by atoms with Gasteiger partial charge in [-0.3, -0.25) is 4.90 Å². The Bertz CT molecular complexity index is 624. The first-order chi connectivity index (χ1) is 10.00. The van der Waals surface area contributed by atoms with Gasteiger partial charge in [0.05, 0.1) is 18.1 Å². The summed E-state index contributed by atoms with van der Waals surface area (Å²) in [6.07, 6.45) is 6.01.